The maximum absolute atomic E-state index is 2.26. The van der Waals surface area contributed by atoms with Gasteiger partial charge in [0.15, 0.2) is 0 Å². The molecular weight excluding hydrogens is 192 g/mol. The molecule has 0 nitrogen and oxygen atoms in total. The van der Waals surface area contributed by atoms with Crippen LogP contribution in [0.1, 0.15) is 58.4 Å². The first-order valence-electron chi connectivity index (χ1n) is 6.46. The summed E-state index contributed by atoms with van der Waals surface area (Å²) in [5, 5.41) is 0. The number of benzene rings is 1. The van der Waals surface area contributed by atoms with Gasteiger partial charge in [-0.15, -0.1) is 0 Å². The average molecular weight is 218 g/mol. The topological polar surface area (TPSA) is 0 Å². The van der Waals surface area contributed by atoms with Gasteiger partial charge in [-0.2, -0.15) is 0 Å². The lowest BCUT2D eigenvalue weighted by atomic mass is 9.99. The fourth-order valence-corrected chi connectivity index (χ4v) is 1.35. The van der Waals surface area contributed by atoms with Crippen molar-refractivity contribution in [3.63, 3.8) is 0 Å². The highest BCUT2D eigenvalue weighted by molar-refractivity contribution is 5.18. The molecule has 0 fully saturated rings. The minimum atomic E-state index is 0.709. The molecule has 0 aliphatic rings. The summed E-state index contributed by atoms with van der Waals surface area (Å²) in [7, 11) is 0. The highest BCUT2D eigenvalue weighted by Gasteiger charge is 1.98. The average Bonchev–Trinajstić information content (AvgIpc) is 2.37. The Hall–Kier alpha value is -1.04. The van der Waals surface area contributed by atoms with E-state index in [-0.39, 0.29) is 0 Å². The normalized spacial score (nSPS) is 12.0. The Bertz CT molecular complexity index is 253. The summed E-state index contributed by atoms with van der Waals surface area (Å²) in [6.45, 7) is 8.77. The van der Waals surface area contributed by atoms with E-state index in [1.165, 1.54) is 24.8 Å². The molecule has 0 bridgehead atoms. The summed E-state index contributed by atoms with van der Waals surface area (Å²) in [5.41, 5.74) is 1.45. The lowest BCUT2D eigenvalue weighted by Gasteiger charge is -2.06. The van der Waals surface area contributed by atoms with E-state index in [0.717, 1.165) is 0 Å². The van der Waals surface area contributed by atoms with Crippen LogP contribution in [0.2, 0.25) is 0 Å². The van der Waals surface area contributed by atoms with E-state index < -0.39 is 0 Å². The molecule has 0 heteroatoms. The fourth-order valence-electron chi connectivity index (χ4n) is 1.35. The van der Waals surface area contributed by atoms with Crippen LogP contribution < -0.4 is 0 Å². The predicted molar refractivity (Wildman–Crippen MR) is 74.9 cm³/mol. The first-order valence-corrected chi connectivity index (χ1v) is 6.46. The van der Waals surface area contributed by atoms with Crippen LogP contribution in [0.15, 0.2) is 42.5 Å². The van der Waals surface area contributed by atoms with Gasteiger partial charge in [0.05, 0.1) is 0 Å². The van der Waals surface area contributed by atoms with E-state index in [1.807, 2.05) is 0 Å². The van der Waals surface area contributed by atoms with Crippen LogP contribution in [0.3, 0.4) is 0 Å². The van der Waals surface area contributed by atoms with Gasteiger partial charge in [0.1, 0.15) is 0 Å². The molecule has 0 saturated carbocycles. The van der Waals surface area contributed by atoms with Gasteiger partial charge in [0, 0.05) is 0 Å². The lowest BCUT2D eigenvalue weighted by Crippen LogP contribution is -1.88. The largest absolute Gasteiger partial charge is 0.0888 e. The first-order chi connectivity index (χ1) is 7.76. The molecule has 0 aromatic heterocycles. The van der Waals surface area contributed by atoms with Crippen LogP contribution >= 0.6 is 0 Å². The molecule has 1 aromatic carbocycles. The summed E-state index contributed by atoms with van der Waals surface area (Å²) in [5.74, 6) is 0.709. The Morgan fingerprint density at radius 2 is 1.44 bits per heavy atom. The summed E-state index contributed by atoms with van der Waals surface area (Å²) in [6.07, 6.45) is 7.94. The van der Waals surface area contributed by atoms with Crippen molar-refractivity contribution in [1.29, 1.82) is 0 Å². The first kappa shape index (κ1) is 15.0. The van der Waals surface area contributed by atoms with Crippen LogP contribution in [-0.4, -0.2) is 0 Å². The maximum Gasteiger partial charge on any atom is -0.0193 e. The standard InChI is InChI=1S/C10H14.C6H12/c1-3-9(2)10-7-5-4-6-8-10;1-3-5-6-4-2/h4-9H,3H2,1-2H3;5-6H,3-4H2,1-2H3/b;6-5+. The summed E-state index contributed by atoms with van der Waals surface area (Å²) < 4.78 is 0. The van der Waals surface area contributed by atoms with E-state index >= 15 is 0 Å². The number of allylic oxidation sites excluding steroid dienone is 2. The second-order valence-corrected chi connectivity index (χ2v) is 4.01. The maximum atomic E-state index is 2.26. The number of hydrogen-bond acceptors (Lipinski definition) is 0. The molecule has 16 heavy (non-hydrogen) atoms. The molecule has 0 aliphatic heterocycles. The second kappa shape index (κ2) is 10.5. The SMILES string of the molecule is CC/C=C/CC.CCC(C)c1ccccc1. The van der Waals surface area contributed by atoms with Gasteiger partial charge < -0.3 is 0 Å². The predicted octanol–water partition coefficient (Wildman–Crippen LogP) is 5.56. The second-order valence-electron chi connectivity index (χ2n) is 4.01. The van der Waals surface area contributed by atoms with Gasteiger partial charge in [-0.25, -0.2) is 0 Å². The minimum absolute atomic E-state index is 0.709. The highest BCUT2D eigenvalue weighted by atomic mass is 14.0. The Morgan fingerprint density at radius 3 is 1.81 bits per heavy atom. The van der Waals surface area contributed by atoms with Crippen LogP contribution in [0.4, 0.5) is 0 Å². The van der Waals surface area contributed by atoms with Crippen molar-refractivity contribution >= 4 is 0 Å². The monoisotopic (exact) mass is 218 g/mol. The van der Waals surface area contributed by atoms with Gasteiger partial charge in [0.2, 0.25) is 0 Å². The van der Waals surface area contributed by atoms with Crippen LogP contribution in [0.5, 0.6) is 0 Å². The smallest absolute Gasteiger partial charge is 0.0193 e. The van der Waals surface area contributed by atoms with Crippen LogP contribution in [0.25, 0.3) is 0 Å². The van der Waals surface area contributed by atoms with E-state index in [4.69, 9.17) is 0 Å². The Kier molecular flexibility index (Phi) is 9.80. The third kappa shape index (κ3) is 7.28. The molecule has 90 valence electrons. The molecule has 0 radical (unpaired) electrons. The molecule has 0 amide bonds. The van der Waals surface area contributed by atoms with E-state index in [2.05, 4.69) is 70.2 Å². The van der Waals surface area contributed by atoms with Crippen LogP contribution in [-0.2, 0) is 0 Å². The molecule has 1 unspecified atom stereocenters. The molecule has 0 heterocycles. The summed E-state index contributed by atoms with van der Waals surface area (Å²) in [4.78, 5) is 0. The zero-order valence-electron chi connectivity index (χ0n) is 11.2. The number of hydrogen-bond donors (Lipinski definition) is 0. The molecular formula is C16H26. The zero-order chi connectivity index (χ0) is 12.2. The molecule has 0 saturated heterocycles. The van der Waals surface area contributed by atoms with Crippen molar-refractivity contribution in [2.24, 2.45) is 0 Å². The molecule has 1 aromatic rings. The van der Waals surface area contributed by atoms with Crippen molar-refractivity contribution < 1.29 is 0 Å². The minimum Gasteiger partial charge on any atom is -0.0888 e. The van der Waals surface area contributed by atoms with Gasteiger partial charge in [-0.3, -0.25) is 0 Å². The summed E-state index contributed by atoms with van der Waals surface area (Å²) in [6, 6.07) is 10.6. The fraction of sp³-hybridized carbons (Fsp3) is 0.500. The van der Waals surface area contributed by atoms with Gasteiger partial charge in [-0.05, 0) is 30.7 Å². The van der Waals surface area contributed by atoms with Crippen molar-refractivity contribution in [3.8, 4) is 0 Å². The lowest BCUT2D eigenvalue weighted by molar-refractivity contribution is 0.733. The van der Waals surface area contributed by atoms with Gasteiger partial charge in [0.25, 0.3) is 0 Å². The molecule has 0 spiro atoms. The Balaban J connectivity index is 0.000000325. The van der Waals surface area contributed by atoms with Crippen LogP contribution in [0, 0.1) is 0 Å². The highest BCUT2D eigenvalue weighted by Crippen LogP contribution is 2.16. The van der Waals surface area contributed by atoms with Crippen molar-refractivity contribution in [1.82, 2.24) is 0 Å². The zero-order valence-corrected chi connectivity index (χ0v) is 11.2. The third-order valence-electron chi connectivity index (χ3n) is 2.62. The Morgan fingerprint density at radius 1 is 0.938 bits per heavy atom. The molecule has 1 atom stereocenters. The quantitative estimate of drug-likeness (QED) is 0.580. The molecule has 1 rings (SSSR count). The molecule has 0 N–H and O–H groups in total. The van der Waals surface area contributed by atoms with E-state index in [0.29, 0.717) is 5.92 Å². The van der Waals surface area contributed by atoms with E-state index in [9.17, 15) is 0 Å². The third-order valence-corrected chi connectivity index (χ3v) is 2.62. The van der Waals surface area contributed by atoms with Crippen molar-refractivity contribution in [2.45, 2.75) is 52.9 Å². The Labute approximate surface area is 101 Å². The number of rotatable bonds is 4. The van der Waals surface area contributed by atoms with Crippen molar-refractivity contribution in [3.05, 3.63) is 48.0 Å². The summed E-state index contributed by atoms with van der Waals surface area (Å²) >= 11 is 0. The van der Waals surface area contributed by atoms with E-state index in [1.54, 1.807) is 0 Å². The van der Waals surface area contributed by atoms with Gasteiger partial charge in [-0.1, -0.05) is 70.2 Å². The van der Waals surface area contributed by atoms with Gasteiger partial charge >= 0.3 is 0 Å². The van der Waals surface area contributed by atoms with Crippen molar-refractivity contribution in [2.75, 3.05) is 0 Å². The molecule has 0 aliphatic carbocycles.